The van der Waals surface area contributed by atoms with Crippen LogP contribution in [-0.4, -0.2) is 23.9 Å². The quantitative estimate of drug-likeness (QED) is 0.747. The number of rotatable bonds is 1. The summed E-state index contributed by atoms with van der Waals surface area (Å²) < 4.78 is 0. The molecule has 3 nitrogen and oxygen atoms in total. The van der Waals surface area contributed by atoms with Gasteiger partial charge in [-0.1, -0.05) is 24.3 Å². The Morgan fingerprint density at radius 1 is 1.40 bits per heavy atom. The summed E-state index contributed by atoms with van der Waals surface area (Å²) in [7, 11) is 1.83. The number of aryl methyl sites for hydroxylation is 1. The van der Waals surface area contributed by atoms with Gasteiger partial charge in [0, 0.05) is 19.5 Å². The van der Waals surface area contributed by atoms with Crippen molar-refractivity contribution in [2.24, 2.45) is 5.73 Å². The lowest BCUT2D eigenvalue weighted by atomic mass is 9.97. The van der Waals surface area contributed by atoms with Crippen LogP contribution in [0.1, 0.15) is 23.6 Å². The zero-order valence-corrected chi connectivity index (χ0v) is 9.10. The number of nitrogens with two attached hydrogens (primary N) is 1. The predicted molar refractivity (Wildman–Crippen MR) is 59.3 cm³/mol. The first-order valence-corrected chi connectivity index (χ1v) is 5.18. The fourth-order valence-corrected chi connectivity index (χ4v) is 2.26. The van der Waals surface area contributed by atoms with E-state index in [1.807, 2.05) is 19.2 Å². The number of benzene rings is 1. The topological polar surface area (TPSA) is 46.3 Å². The van der Waals surface area contributed by atoms with Gasteiger partial charge in [0.05, 0.1) is 6.04 Å². The van der Waals surface area contributed by atoms with Gasteiger partial charge in [0.2, 0.25) is 5.91 Å². The third kappa shape index (κ3) is 1.63. The monoisotopic (exact) mass is 204 g/mol. The largest absolute Gasteiger partial charge is 0.337 e. The summed E-state index contributed by atoms with van der Waals surface area (Å²) in [4.78, 5) is 13.3. The van der Waals surface area contributed by atoms with Crippen LogP contribution in [0.5, 0.6) is 0 Å². The maximum Gasteiger partial charge on any atom is 0.224 e. The highest BCUT2D eigenvalue weighted by molar-refractivity contribution is 5.80. The van der Waals surface area contributed by atoms with Crippen LogP contribution in [0.15, 0.2) is 24.3 Å². The maximum atomic E-state index is 11.5. The zero-order valence-electron chi connectivity index (χ0n) is 9.10. The van der Waals surface area contributed by atoms with Crippen molar-refractivity contribution in [3.05, 3.63) is 35.4 Å². The van der Waals surface area contributed by atoms with Gasteiger partial charge >= 0.3 is 0 Å². The van der Waals surface area contributed by atoms with Crippen molar-refractivity contribution < 1.29 is 4.79 Å². The molecule has 15 heavy (non-hydrogen) atoms. The Hall–Kier alpha value is -1.35. The second-order valence-electron chi connectivity index (χ2n) is 4.17. The number of carbonyl (C=O) groups is 1. The maximum absolute atomic E-state index is 11.5. The summed E-state index contributed by atoms with van der Waals surface area (Å²) >= 11 is 0. The van der Waals surface area contributed by atoms with Crippen LogP contribution in [0, 0.1) is 6.92 Å². The smallest absolute Gasteiger partial charge is 0.224 e. The number of hydrogen-bond donors (Lipinski definition) is 1. The molecule has 2 atom stereocenters. The first-order valence-electron chi connectivity index (χ1n) is 5.18. The van der Waals surface area contributed by atoms with Gasteiger partial charge < -0.3 is 10.6 Å². The molecule has 1 amide bonds. The third-order valence-corrected chi connectivity index (χ3v) is 3.13. The normalized spacial score (nSPS) is 26.1. The summed E-state index contributed by atoms with van der Waals surface area (Å²) in [5.74, 6) is 0.135. The Morgan fingerprint density at radius 2 is 2.07 bits per heavy atom. The van der Waals surface area contributed by atoms with Gasteiger partial charge in [-0.05, 0) is 18.1 Å². The summed E-state index contributed by atoms with van der Waals surface area (Å²) in [6.07, 6.45) is 0.454. The van der Waals surface area contributed by atoms with E-state index in [-0.39, 0.29) is 18.0 Å². The Kier molecular flexibility index (Phi) is 2.49. The third-order valence-electron chi connectivity index (χ3n) is 3.13. The molecule has 1 aromatic rings. The van der Waals surface area contributed by atoms with Crippen molar-refractivity contribution in [2.75, 3.05) is 7.05 Å². The van der Waals surface area contributed by atoms with Gasteiger partial charge in [-0.25, -0.2) is 0 Å². The molecule has 3 heteroatoms. The SMILES string of the molecule is Cc1ccccc1C1C(N)CC(=O)N1C. The molecule has 2 N–H and O–H groups in total. The van der Waals surface area contributed by atoms with Crippen LogP contribution in [-0.2, 0) is 4.79 Å². The second kappa shape index (κ2) is 3.66. The fourth-order valence-electron chi connectivity index (χ4n) is 2.26. The van der Waals surface area contributed by atoms with Crippen molar-refractivity contribution in [3.63, 3.8) is 0 Å². The lowest BCUT2D eigenvalue weighted by Crippen LogP contribution is -2.30. The minimum atomic E-state index is -0.0800. The van der Waals surface area contributed by atoms with Crippen molar-refractivity contribution in [1.29, 1.82) is 0 Å². The summed E-state index contributed by atoms with van der Waals surface area (Å²) in [5, 5.41) is 0. The molecule has 0 saturated carbocycles. The Morgan fingerprint density at radius 3 is 2.60 bits per heavy atom. The van der Waals surface area contributed by atoms with Gasteiger partial charge in [-0.3, -0.25) is 4.79 Å². The highest BCUT2D eigenvalue weighted by atomic mass is 16.2. The summed E-state index contributed by atoms with van der Waals surface area (Å²) in [6.45, 7) is 2.05. The Bertz CT molecular complexity index is 389. The summed E-state index contributed by atoms with van der Waals surface area (Å²) in [6, 6.07) is 8.06. The summed E-state index contributed by atoms with van der Waals surface area (Å²) in [5.41, 5.74) is 8.36. The van der Waals surface area contributed by atoms with E-state index in [0.29, 0.717) is 6.42 Å². The molecule has 1 saturated heterocycles. The van der Waals surface area contributed by atoms with Gasteiger partial charge in [0.1, 0.15) is 0 Å². The van der Waals surface area contributed by atoms with Gasteiger partial charge in [-0.2, -0.15) is 0 Å². The fraction of sp³-hybridized carbons (Fsp3) is 0.417. The highest BCUT2D eigenvalue weighted by Crippen LogP contribution is 2.32. The molecule has 2 unspecified atom stereocenters. The Labute approximate surface area is 89.9 Å². The lowest BCUT2D eigenvalue weighted by molar-refractivity contribution is -0.127. The molecule has 1 heterocycles. The van der Waals surface area contributed by atoms with Crippen LogP contribution in [0.2, 0.25) is 0 Å². The zero-order chi connectivity index (χ0) is 11.0. The number of likely N-dealkylation sites (tertiary alicyclic amines) is 1. The van der Waals surface area contributed by atoms with Gasteiger partial charge in [-0.15, -0.1) is 0 Å². The van der Waals surface area contributed by atoms with E-state index in [1.165, 1.54) is 11.1 Å². The van der Waals surface area contributed by atoms with E-state index >= 15 is 0 Å². The van der Waals surface area contributed by atoms with Crippen molar-refractivity contribution in [1.82, 2.24) is 4.90 Å². The molecule has 0 aliphatic carbocycles. The second-order valence-corrected chi connectivity index (χ2v) is 4.17. The highest BCUT2D eigenvalue weighted by Gasteiger charge is 2.36. The molecular weight excluding hydrogens is 188 g/mol. The van der Waals surface area contributed by atoms with E-state index in [4.69, 9.17) is 5.73 Å². The molecule has 0 radical (unpaired) electrons. The van der Waals surface area contributed by atoms with Gasteiger partial charge in [0.25, 0.3) is 0 Å². The van der Waals surface area contributed by atoms with Gasteiger partial charge in [0.15, 0.2) is 0 Å². The number of nitrogens with zero attached hydrogens (tertiary/aromatic N) is 1. The Balaban J connectivity index is 2.39. The number of amides is 1. The first-order chi connectivity index (χ1) is 7.11. The number of likely N-dealkylation sites (N-methyl/N-ethyl adjacent to an activating group) is 1. The van der Waals surface area contributed by atoms with E-state index < -0.39 is 0 Å². The molecule has 1 aromatic carbocycles. The van der Waals surface area contributed by atoms with E-state index in [9.17, 15) is 4.79 Å². The minimum absolute atomic E-state index is 0.0405. The van der Waals surface area contributed by atoms with E-state index in [0.717, 1.165) is 0 Å². The van der Waals surface area contributed by atoms with Crippen LogP contribution < -0.4 is 5.73 Å². The molecule has 0 aromatic heterocycles. The van der Waals surface area contributed by atoms with Crippen molar-refractivity contribution in [2.45, 2.75) is 25.4 Å². The van der Waals surface area contributed by atoms with Crippen LogP contribution in [0.4, 0.5) is 0 Å². The van der Waals surface area contributed by atoms with Crippen LogP contribution in [0.3, 0.4) is 0 Å². The van der Waals surface area contributed by atoms with Crippen molar-refractivity contribution in [3.8, 4) is 0 Å². The molecule has 0 bridgehead atoms. The first kappa shape index (κ1) is 10.2. The lowest BCUT2D eigenvalue weighted by Gasteiger charge is -2.24. The molecule has 0 spiro atoms. The molecule has 80 valence electrons. The standard InChI is InChI=1S/C12H16N2O/c1-8-5-3-4-6-9(8)12-10(13)7-11(15)14(12)2/h3-6,10,12H,7,13H2,1-2H3. The van der Waals surface area contributed by atoms with Crippen molar-refractivity contribution >= 4 is 5.91 Å². The average Bonchev–Trinajstić information content (AvgIpc) is 2.43. The van der Waals surface area contributed by atoms with Crippen LogP contribution in [0.25, 0.3) is 0 Å². The van der Waals surface area contributed by atoms with E-state index in [1.54, 1.807) is 4.90 Å². The average molecular weight is 204 g/mol. The number of carbonyl (C=O) groups excluding carboxylic acids is 1. The van der Waals surface area contributed by atoms with E-state index in [2.05, 4.69) is 19.1 Å². The molecule has 1 aliphatic heterocycles. The minimum Gasteiger partial charge on any atom is -0.337 e. The number of hydrogen-bond acceptors (Lipinski definition) is 2. The van der Waals surface area contributed by atoms with Crippen LogP contribution >= 0.6 is 0 Å². The molecule has 2 rings (SSSR count). The predicted octanol–water partition coefficient (Wildman–Crippen LogP) is 1.23. The molecular formula is C12H16N2O. The molecule has 1 fully saturated rings. The molecule has 1 aliphatic rings.